The topological polar surface area (TPSA) is 0 Å². The Balaban J connectivity index is 3.19. The summed E-state index contributed by atoms with van der Waals surface area (Å²) in [5.74, 6) is 1.05. The first-order valence-electron chi connectivity index (χ1n) is 15.1. The van der Waals surface area contributed by atoms with Crippen LogP contribution < -0.4 is 0 Å². The van der Waals surface area contributed by atoms with Gasteiger partial charge in [-0.3, -0.25) is 0 Å². The van der Waals surface area contributed by atoms with Crippen molar-refractivity contribution in [2.24, 2.45) is 27.6 Å². The summed E-state index contributed by atoms with van der Waals surface area (Å²) in [6.07, 6.45) is 25.5. The number of rotatable bonds is 18. The molecule has 0 bridgehead atoms. The van der Waals surface area contributed by atoms with Crippen LogP contribution in [0.3, 0.4) is 0 Å². The van der Waals surface area contributed by atoms with E-state index in [0.717, 1.165) is 5.92 Å². The molecule has 0 aliphatic heterocycles. The predicted octanol–water partition coefficient (Wildman–Crippen LogP) is 11.8. The minimum atomic E-state index is 0.386. The fraction of sp³-hybridized carbons (Fsp3) is 1.00. The molecule has 0 saturated heterocycles. The summed E-state index contributed by atoms with van der Waals surface area (Å²) in [7, 11) is 0. The molecule has 0 heterocycles. The number of unbranched alkanes of at least 4 members (excludes halogenated alkanes) is 4. The molecule has 1 rings (SSSR count). The molecule has 1 aliphatic rings. The van der Waals surface area contributed by atoms with Gasteiger partial charge in [0, 0.05) is 0 Å². The van der Waals surface area contributed by atoms with Crippen LogP contribution in [0.15, 0.2) is 0 Å². The fourth-order valence-electron chi connectivity index (χ4n) is 7.65. The van der Waals surface area contributed by atoms with Crippen molar-refractivity contribution in [1.82, 2.24) is 0 Å². The van der Waals surface area contributed by atoms with Crippen LogP contribution in [0, 0.1) is 27.6 Å². The van der Waals surface area contributed by atoms with E-state index in [1.165, 1.54) is 116 Å². The molecule has 192 valence electrons. The Labute approximate surface area is 205 Å². The molecule has 0 aromatic heterocycles. The van der Waals surface area contributed by atoms with Gasteiger partial charge >= 0.3 is 0 Å². The van der Waals surface area contributed by atoms with Crippen molar-refractivity contribution in [3.63, 3.8) is 0 Å². The molecular formula is C32H64. The Morgan fingerprint density at radius 2 is 1.06 bits per heavy atom. The second-order valence-electron chi connectivity index (χ2n) is 13.2. The van der Waals surface area contributed by atoms with Crippen LogP contribution in [0.5, 0.6) is 0 Å². The molecule has 3 unspecified atom stereocenters. The lowest BCUT2D eigenvalue weighted by Gasteiger charge is -2.63. The Morgan fingerprint density at radius 3 is 1.56 bits per heavy atom. The predicted molar refractivity (Wildman–Crippen MR) is 147 cm³/mol. The smallest absolute Gasteiger partial charge is 0.0213 e. The fourth-order valence-corrected chi connectivity index (χ4v) is 7.65. The van der Waals surface area contributed by atoms with Crippen LogP contribution in [0.25, 0.3) is 0 Å². The minimum absolute atomic E-state index is 0.386. The minimum Gasteiger partial charge on any atom is -0.0654 e. The van der Waals surface area contributed by atoms with Gasteiger partial charge in [0.25, 0.3) is 0 Å². The summed E-state index contributed by atoms with van der Waals surface area (Å²) >= 11 is 0. The Hall–Kier alpha value is 0. The molecule has 0 aromatic carbocycles. The summed E-state index contributed by atoms with van der Waals surface area (Å²) in [5.41, 5.74) is 1.60. The zero-order valence-electron chi connectivity index (χ0n) is 24.3. The quantitative estimate of drug-likeness (QED) is 0.183. The molecular weight excluding hydrogens is 384 g/mol. The van der Waals surface area contributed by atoms with Crippen molar-refractivity contribution in [3.05, 3.63) is 0 Å². The molecule has 1 fully saturated rings. The van der Waals surface area contributed by atoms with Gasteiger partial charge in [-0.15, -0.1) is 0 Å². The zero-order valence-corrected chi connectivity index (χ0v) is 24.3. The SMILES string of the molecule is CCCCC(C)(CC)C(C)(CCCC)C(C)(CCCC)C(C)(C)CCCCC1CCCC1. The van der Waals surface area contributed by atoms with Gasteiger partial charge in [-0.1, -0.05) is 152 Å². The lowest BCUT2D eigenvalue weighted by atomic mass is 9.41. The summed E-state index contributed by atoms with van der Waals surface area (Å²) in [6, 6.07) is 0. The standard InChI is InChI=1S/C32H64/c1-10-14-25-30(7,13-4)32(9,27-16-12-3)31(8,26-15-11-2)29(5,6)24-20-19-23-28-21-17-18-22-28/h28H,10-27H2,1-9H3. The lowest BCUT2D eigenvalue weighted by molar-refractivity contribution is -0.145. The second kappa shape index (κ2) is 13.8. The van der Waals surface area contributed by atoms with E-state index in [1.54, 1.807) is 0 Å². The summed E-state index contributed by atoms with van der Waals surface area (Å²) in [5, 5.41) is 0. The molecule has 0 aromatic rings. The van der Waals surface area contributed by atoms with Crippen LogP contribution >= 0.6 is 0 Å². The molecule has 32 heavy (non-hydrogen) atoms. The highest BCUT2D eigenvalue weighted by molar-refractivity contribution is 5.07. The highest BCUT2D eigenvalue weighted by atomic mass is 14.6. The maximum atomic E-state index is 2.75. The maximum Gasteiger partial charge on any atom is -0.0213 e. The van der Waals surface area contributed by atoms with Gasteiger partial charge in [0.2, 0.25) is 0 Å². The first-order valence-corrected chi connectivity index (χ1v) is 15.1. The third-order valence-electron chi connectivity index (χ3n) is 11.1. The van der Waals surface area contributed by atoms with Crippen LogP contribution in [-0.4, -0.2) is 0 Å². The average Bonchev–Trinajstić information content (AvgIpc) is 3.30. The maximum absolute atomic E-state index is 2.75. The van der Waals surface area contributed by atoms with E-state index in [0.29, 0.717) is 21.7 Å². The van der Waals surface area contributed by atoms with Gasteiger partial charge in [0.05, 0.1) is 0 Å². The molecule has 0 radical (unpaired) electrons. The summed E-state index contributed by atoms with van der Waals surface area (Å²) in [6.45, 7) is 23.2. The Bertz CT molecular complexity index is 484. The monoisotopic (exact) mass is 449 g/mol. The normalized spacial score (nSPS) is 21.3. The van der Waals surface area contributed by atoms with Gasteiger partial charge in [-0.05, 0) is 53.3 Å². The highest BCUT2D eigenvalue weighted by Gasteiger charge is 2.58. The molecule has 1 saturated carbocycles. The molecule has 0 amide bonds. The van der Waals surface area contributed by atoms with Crippen molar-refractivity contribution in [3.8, 4) is 0 Å². The zero-order chi connectivity index (χ0) is 24.3. The van der Waals surface area contributed by atoms with Crippen molar-refractivity contribution in [1.29, 1.82) is 0 Å². The first kappa shape index (κ1) is 30.0. The van der Waals surface area contributed by atoms with E-state index >= 15 is 0 Å². The van der Waals surface area contributed by atoms with E-state index in [4.69, 9.17) is 0 Å². The van der Waals surface area contributed by atoms with E-state index in [9.17, 15) is 0 Å². The van der Waals surface area contributed by atoms with Gasteiger partial charge in [-0.2, -0.15) is 0 Å². The van der Waals surface area contributed by atoms with E-state index in [2.05, 4.69) is 62.3 Å². The van der Waals surface area contributed by atoms with E-state index < -0.39 is 0 Å². The van der Waals surface area contributed by atoms with Crippen molar-refractivity contribution in [2.75, 3.05) is 0 Å². The second-order valence-corrected chi connectivity index (χ2v) is 13.2. The van der Waals surface area contributed by atoms with Crippen molar-refractivity contribution < 1.29 is 0 Å². The van der Waals surface area contributed by atoms with Crippen LogP contribution in [0.2, 0.25) is 0 Å². The largest absolute Gasteiger partial charge is 0.0654 e. The summed E-state index contributed by atoms with van der Waals surface area (Å²) in [4.78, 5) is 0. The Morgan fingerprint density at radius 1 is 0.562 bits per heavy atom. The van der Waals surface area contributed by atoms with Gasteiger partial charge in [0.1, 0.15) is 0 Å². The number of hydrogen-bond acceptors (Lipinski definition) is 0. The van der Waals surface area contributed by atoms with Gasteiger partial charge < -0.3 is 0 Å². The van der Waals surface area contributed by atoms with Crippen LogP contribution in [0.1, 0.15) is 178 Å². The third kappa shape index (κ3) is 7.01. The molecule has 0 N–H and O–H groups in total. The molecule has 0 spiro atoms. The number of hydrogen-bond donors (Lipinski definition) is 0. The molecule has 0 heteroatoms. The Kier molecular flexibility index (Phi) is 12.9. The molecule has 0 nitrogen and oxygen atoms in total. The highest BCUT2D eigenvalue weighted by Crippen LogP contribution is 2.67. The third-order valence-corrected chi connectivity index (χ3v) is 11.1. The first-order chi connectivity index (χ1) is 15.1. The molecule has 3 atom stereocenters. The lowest BCUT2D eigenvalue weighted by Crippen LogP contribution is -2.56. The van der Waals surface area contributed by atoms with Gasteiger partial charge in [0.15, 0.2) is 0 Å². The van der Waals surface area contributed by atoms with Crippen molar-refractivity contribution >= 4 is 0 Å². The van der Waals surface area contributed by atoms with Crippen LogP contribution in [0.4, 0.5) is 0 Å². The average molecular weight is 449 g/mol. The van der Waals surface area contributed by atoms with E-state index in [1.807, 2.05) is 0 Å². The summed E-state index contributed by atoms with van der Waals surface area (Å²) < 4.78 is 0. The van der Waals surface area contributed by atoms with Gasteiger partial charge in [-0.25, -0.2) is 0 Å². The van der Waals surface area contributed by atoms with Crippen LogP contribution in [-0.2, 0) is 0 Å². The van der Waals surface area contributed by atoms with E-state index in [-0.39, 0.29) is 0 Å². The molecule has 1 aliphatic carbocycles. The van der Waals surface area contributed by atoms with Crippen molar-refractivity contribution in [2.45, 2.75) is 178 Å².